The second-order valence-corrected chi connectivity index (χ2v) is 4.39. The molecule has 0 bridgehead atoms. The predicted molar refractivity (Wildman–Crippen MR) is 75.7 cm³/mol. The zero-order valence-corrected chi connectivity index (χ0v) is 11.8. The minimum atomic E-state index is -0.957. The molecule has 0 spiro atoms. The average molecular weight is 288 g/mol. The number of nitrogens with zero attached hydrogens (tertiary/aromatic N) is 2. The number of aromatic nitrogens is 2. The summed E-state index contributed by atoms with van der Waals surface area (Å²) in [7, 11) is 3.03. The largest absolute Gasteiger partial charge is 0.496 e. The third kappa shape index (κ3) is 3.47. The molecule has 2 rings (SSSR count). The molecule has 0 aliphatic rings. The van der Waals surface area contributed by atoms with Crippen molar-refractivity contribution in [1.29, 1.82) is 0 Å². The molecular formula is C15H16N2O4. The van der Waals surface area contributed by atoms with E-state index in [9.17, 15) is 9.90 Å². The Morgan fingerprint density at radius 3 is 2.67 bits per heavy atom. The van der Waals surface area contributed by atoms with Gasteiger partial charge < -0.3 is 14.6 Å². The fraction of sp³-hybridized carbons (Fsp3) is 0.267. The van der Waals surface area contributed by atoms with Crippen molar-refractivity contribution in [3.63, 3.8) is 0 Å². The van der Waals surface area contributed by atoms with Crippen molar-refractivity contribution < 1.29 is 19.4 Å². The summed E-state index contributed by atoms with van der Waals surface area (Å²) in [5.41, 5.74) is 1.21. The lowest BCUT2D eigenvalue weighted by atomic mass is 9.95. The Kier molecular flexibility index (Phi) is 4.71. The number of para-hydroxylation sites is 1. The first kappa shape index (κ1) is 14.8. The molecule has 1 atom stereocenters. The van der Waals surface area contributed by atoms with Crippen LogP contribution in [-0.4, -0.2) is 35.3 Å². The van der Waals surface area contributed by atoms with E-state index in [1.54, 1.807) is 13.2 Å². The molecule has 2 aromatic rings. The van der Waals surface area contributed by atoms with Crippen LogP contribution in [0.25, 0.3) is 0 Å². The van der Waals surface area contributed by atoms with Crippen molar-refractivity contribution >= 4 is 5.97 Å². The number of carboxylic acids is 1. The van der Waals surface area contributed by atoms with Gasteiger partial charge in [0.15, 0.2) is 0 Å². The van der Waals surface area contributed by atoms with Gasteiger partial charge in [-0.2, -0.15) is 0 Å². The van der Waals surface area contributed by atoms with Crippen molar-refractivity contribution in [2.45, 2.75) is 12.3 Å². The van der Waals surface area contributed by atoms with E-state index in [4.69, 9.17) is 9.47 Å². The number of aliphatic carboxylic acids is 1. The summed E-state index contributed by atoms with van der Waals surface area (Å²) < 4.78 is 10.3. The Labute approximate surface area is 122 Å². The van der Waals surface area contributed by atoms with E-state index in [1.807, 2.05) is 18.2 Å². The van der Waals surface area contributed by atoms with Crippen LogP contribution in [0.1, 0.15) is 17.2 Å². The van der Waals surface area contributed by atoms with E-state index in [-0.39, 0.29) is 6.42 Å². The third-order valence-electron chi connectivity index (χ3n) is 3.14. The number of hydrogen-bond acceptors (Lipinski definition) is 5. The number of ether oxygens (including phenoxy) is 2. The van der Waals surface area contributed by atoms with Gasteiger partial charge in [0.1, 0.15) is 18.0 Å². The Hall–Kier alpha value is -2.63. The smallest absolute Gasteiger partial charge is 0.312 e. The Balaban J connectivity index is 2.33. The number of hydrogen-bond donors (Lipinski definition) is 1. The lowest BCUT2D eigenvalue weighted by Gasteiger charge is -2.14. The van der Waals surface area contributed by atoms with Gasteiger partial charge in [-0.05, 0) is 18.1 Å². The lowest BCUT2D eigenvalue weighted by Crippen LogP contribution is -2.16. The van der Waals surface area contributed by atoms with Gasteiger partial charge in [-0.15, -0.1) is 0 Å². The summed E-state index contributed by atoms with van der Waals surface area (Å²) in [6.07, 6.45) is 1.58. The summed E-state index contributed by atoms with van der Waals surface area (Å²) in [4.78, 5) is 19.5. The summed E-state index contributed by atoms with van der Waals surface area (Å²) in [6, 6.07) is 8.86. The highest BCUT2D eigenvalue weighted by Crippen LogP contribution is 2.26. The van der Waals surface area contributed by atoms with Crippen molar-refractivity contribution in [3.05, 3.63) is 47.9 Å². The lowest BCUT2D eigenvalue weighted by molar-refractivity contribution is -0.138. The zero-order valence-electron chi connectivity index (χ0n) is 11.8. The molecule has 0 fully saturated rings. The van der Waals surface area contributed by atoms with Crippen molar-refractivity contribution in [2.24, 2.45) is 0 Å². The minimum absolute atomic E-state index is 0.277. The first-order valence-electron chi connectivity index (χ1n) is 6.36. The minimum Gasteiger partial charge on any atom is -0.496 e. The summed E-state index contributed by atoms with van der Waals surface area (Å²) in [5.74, 6) is -0.754. The van der Waals surface area contributed by atoms with Crippen molar-refractivity contribution in [2.75, 3.05) is 14.2 Å². The average Bonchev–Trinajstić information content (AvgIpc) is 2.52. The molecule has 0 aliphatic heterocycles. The summed E-state index contributed by atoms with van der Waals surface area (Å²) >= 11 is 0. The van der Waals surface area contributed by atoms with Crippen LogP contribution in [0.3, 0.4) is 0 Å². The second kappa shape index (κ2) is 6.69. The number of rotatable bonds is 6. The first-order chi connectivity index (χ1) is 10.2. The predicted octanol–water partition coefficient (Wildman–Crippen LogP) is 1.90. The van der Waals surface area contributed by atoms with Gasteiger partial charge in [0.2, 0.25) is 5.88 Å². The van der Waals surface area contributed by atoms with Crippen LogP contribution in [0.5, 0.6) is 11.6 Å². The molecule has 0 radical (unpaired) electrons. The molecule has 6 heteroatoms. The molecule has 1 unspecified atom stereocenters. The highest BCUT2D eigenvalue weighted by Gasteiger charge is 2.24. The topological polar surface area (TPSA) is 81.5 Å². The summed E-state index contributed by atoms with van der Waals surface area (Å²) in [5, 5.41) is 9.47. The summed E-state index contributed by atoms with van der Waals surface area (Å²) in [6.45, 7) is 0. The van der Waals surface area contributed by atoms with Crippen LogP contribution < -0.4 is 9.47 Å². The number of benzene rings is 1. The van der Waals surface area contributed by atoms with E-state index in [2.05, 4.69) is 9.97 Å². The molecule has 110 valence electrons. The molecular weight excluding hydrogens is 272 g/mol. The Bertz CT molecular complexity index is 631. The quantitative estimate of drug-likeness (QED) is 0.874. The van der Waals surface area contributed by atoms with Gasteiger partial charge in [0, 0.05) is 6.07 Å². The highest BCUT2D eigenvalue weighted by molar-refractivity contribution is 5.76. The van der Waals surface area contributed by atoms with Gasteiger partial charge in [0.05, 0.1) is 19.9 Å². The van der Waals surface area contributed by atoms with E-state index in [0.29, 0.717) is 17.3 Å². The molecule has 1 N–H and O–H groups in total. The molecule has 1 aromatic carbocycles. The zero-order chi connectivity index (χ0) is 15.2. The van der Waals surface area contributed by atoms with Crippen LogP contribution in [0.2, 0.25) is 0 Å². The van der Waals surface area contributed by atoms with Gasteiger partial charge in [0.25, 0.3) is 0 Å². The molecule has 0 amide bonds. The third-order valence-corrected chi connectivity index (χ3v) is 3.14. The van der Waals surface area contributed by atoms with E-state index >= 15 is 0 Å². The van der Waals surface area contributed by atoms with E-state index in [1.165, 1.54) is 19.5 Å². The van der Waals surface area contributed by atoms with Crippen LogP contribution >= 0.6 is 0 Å². The maximum Gasteiger partial charge on any atom is 0.312 e. The van der Waals surface area contributed by atoms with Crippen LogP contribution in [0.4, 0.5) is 0 Å². The highest BCUT2D eigenvalue weighted by atomic mass is 16.5. The maximum absolute atomic E-state index is 11.6. The van der Waals surface area contributed by atoms with E-state index < -0.39 is 11.9 Å². The van der Waals surface area contributed by atoms with Gasteiger partial charge in [-0.3, -0.25) is 4.79 Å². The SMILES string of the molecule is COc1cc(C(Cc2ccccc2OC)C(=O)O)ncn1. The molecule has 1 heterocycles. The Morgan fingerprint density at radius 1 is 1.24 bits per heavy atom. The van der Waals surface area contributed by atoms with Crippen molar-refractivity contribution in [1.82, 2.24) is 9.97 Å². The van der Waals surface area contributed by atoms with Crippen LogP contribution in [-0.2, 0) is 11.2 Å². The molecule has 1 aromatic heterocycles. The maximum atomic E-state index is 11.6. The second-order valence-electron chi connectivity index (χ2n) is 4.39. The van der Waals surface area contributed by atoms with Crippen LogP contribution in [0, 0.1) is 0 Å². The normalized spacial score (nSPS) is 11.7. The molecule has 21 heavy (non-hydrogen) atoms. The van der Waals surface area contributed by atoms with Gasteiger partial charge in [-0.1, -0.05) is 18.2 Å². The molecule has 0 saturated heterocycles. The fourth-order valence-electron chi connectivity index (χ4n) is 2.07. The first-order valence-corrected chi connectivity index (χ1v) is 6.36. The molecule has 0 saturated carbocycles. The fourth-order valence-corrected chi connectivity index (χ4v) is 2.07. The molecule has 6 nitrogen and oxygen atoms in total. The van der Waals surface area contributed by atoms with Gasteiger partial charge >= 0.3 is 5.97 Å². The number of methoxy groups -OCH3 is 2. The standard InChI is InChI=1S/C15H16N2O4/c1-20-13-6-4-3-5-10(13)7-11(15(18)19)12-8-14(21-2)17-9-16-12/h3-6,8-9,11H,7H2,1-2H3,(H,18,19). The number of carbonyl (C=O) groups is 1. The van der Waals surface area contributed by atoms with Crippen molar-refractivity contribution in [3.8, 4) is 11.6 Å². The van der Waals surface area contributed by atoms with Gasteiger partial charge in [-0.25, -0.2) is 9.97 Å². The monoisotopic (exact) mass is 288 g/mol. The van der Waals surface area contributed by atoms with Crippen LogP contribution in [0.15, 0.2) is 36.7 Å². The van der Waals surface area contributed by atoms with E-state index in [0.717, 1.165) is 5.56 Å². The molecule has 0 aliphatic carbocycles. The Morgan fingerprint density at radius 2 is 2.00 bits per heavy atom. The number of carboxylic acid groups (broad SMARTS) is 1.